The van der Waals surface area contributed by atoms with Crippen molar-refractivity contribution in [2.24, 2.45) is 0 Å². The summed E-state index contributed by atoms with van der Waals surface area (Å²) in [6.07, 6.45) is 4.86. The summed E-state index contributed by atoms with van der Waals surface area (Å²) in [5.74, 6) is 0.408. The van der Waals surface area contributed by atoms with Gasteiger partial charge in [-0.15, -0.1) is 0 Å². The second-order valence-electron chi connectivity index (χ2n) is 4.61. The van der Waals surface area contributed by atoms with Gasteiger partial charge in [0.15, 0.2) is 0 Å². The predicted octanol–water partition coefficient (Wildman–Crippen LogP) is 3.40. The van der Waals surface area contributed by atoms with Crippen LogP contribution in [-0.4, -0.2) is 5.11 Å². The van der Waals surface area contributed by atoms with Crippen molar-refractivity contribution in [3.05, 3.63) is 29.3 Å². The first-order valence-corrected chi connectivity index (χ1v) is 5.48. The van der Waals surface area contributed by atoms with Crippen LogP contribution in [0.25, 0.3) is 0 Å². The van der Waals surface area contributed by atoms with Gasteiger partial charge in [0, 0.05) is 0 Å². The van der Waals surface area contributed by atoms with Crippen molar-refractivity contribution in [2.45, 2.75) is 44.9 Å². The van der Waals surface area contributed by atoms with Crippen LogP contribution < -0.4 is 0 Å². The molecule has 0 spiro atoms. The fourth-order valence-corrected chi connectivity index (χ4v) is 2.52. The van der Waals surface area contributed by atoms with Crippen LogP contribution in [0, 0.1) is 0 Å². The van der Waals surface area contributed by atoms with Gasteiger partial charge in [-0.05, 0) is 54.4 Å². The number of rotatable bonds is 1. The summed E-state index contributed by atoms with van der Waals surface area (Å²) in [6.45, 7) is 4.55. The quantitative estimate of drug-likeness (QED) is 0.719. The average Bonchev–Trinajstić information content (AvgIpc) is 2.20. The molecule has 1 aromatic carbocycles. The number of phenols is 1. The Kier molecular flexibility index (Phi) is 2.26. The molecule has 0 fully saturated rings. The zero-order valence-electron chi connectivity index (χ0n) is 9.01. The van der Waals surface area contributed by atoms with Crippen LogP contribution in [0.4, 0.5) is 0 Å². The molecular weight excluding hydrogens is 172 g/mol. The minimum absolute atomic E-state index is 0.284. The van der Waals surface area contributed by atoms with E-state index in [2.05, 4.69) is 19.9 Å². The highest BCUT2D eigenvalue weighted by Crippen LogP contribution is 2.40. The molecule has 1 unspecified atom stereocenters. The lowest BCUT2D eigenvalue weighted by Crippen LogP contribution is -2.26. The molecule has 1 heteroatoms. The minimum Gasteiger partial charge on any atom is -0.508 e. The van der Waals surface area contributed by atoms with Gasteiger partial charge >= 0.3 is 0 Å². The van der Waals surface area contributed by atoms with E-state index in [9.17, 15) is 5.11 Å². The molecule has 2 rings (SSSR count). The van der Waals surface area contributed by atoms with E-state index in [1.165, 1.54) is 30.4 Å². The van der Waals surface area contributed by atoms with Gasteiger partial charge in [0.05, 0.1) is 0 Å². The number of aromatic hydroxyl groups is 1. The topological polar surface area (TPSA) is 20.2 Å². The molecule has 0 aromatic heterocycles. The van der Waals surface area contributed by atoms with Gasteiger partial charge in [0.1, 0.15) is 5.75 Å². The molecule has 0 saturated carbocycles. The van der Waals surface area contributed by atoms with Gasteiger partial charge < -0.3 is 5.11 Å². The molecule has 14 heavy (non-hydrogen) atoms. The number of phenolic OH excluding ortho intramolecular Hbond substituents is 1. The van der Waals surface area contributed by atoms with Crippen molar-refractivity contribution in [1.82, 2.24) is 0 Å². The van der Waals surface area contributed by atoms with E-state index in [4.69, 9.17) is 0 Å². The molecule has 0 saturated heterocycles. The lowest BCUT2D eigenvalue weighted by atomic mass is 9.70. The van der Waals surface area contributed by atoms with Crippen LogP contribution in [0.5, 0.6) is 5.75 Å². The second kappa shape index (κ2) is 3.30. The van der Waals surface area contributed by atoms with E-state index in [0.717, 1.165) is 6.42 Å². The number of benzene rings is 1. The summed E-state index contributed by atoms with van der Waals surface area (Å²) in [4.78, 5) is 0. The van der Waals surface area contributed by atoms with Gasteiger partial charge in [0.2, 0.25) is 0 Å². The molecule has 1 aliphatic carbocycles. The van der Waals surface area contributed by atoms with Crippen molar-refractivity contribution < 1.29 is 5.11 Å². The minimum atomic E-state index is 0.284. The third kappa shape index (κ3) is 1.41. The Labute approximate surface area is 85.8 Å². The number of fused-ring (bicyclic) bond motifs is 1. The molecule has 1 aliphatic rings. The molecule has 1 aromatic rings. The first-order chi connectivity index (χ1) is 6.65. The zero-order chi connectivity index (χ0) is 10.2. The molecule has 0 heterocycles. The molecule has 0 amide bonds. The van der Waals surface area contributed by atoms with Crippen LogP contribution in [0.2, 0.25) is 0 Å². The van der Waals surface area contributed by atoms with Gasteiger partial charge in [-0.1, -0.05) is 19.9 Å². The summed E-state index contributed by atoms with van der Waals surface area (Å²) in [5, 5.41) is 9.52. The molecule has 1 atom stereocenters. The van der Waals surface area contributed by atoms with Crippen LogP contribution in [0.15, 0.2) is 18.2 Å². The standard InChI is InChI=1S/C13H18O/c1-3-13(2)8-4-5-10-6-7-11(14)9-12(10)13/h6-7,9,14H,3-5,8H2,1-2H3. The second-order valence-corrected chi connectivity index (χ2v) is 4.61. The van der Waals surface area contributed by atoms with Gasteiger partial charge in [-0.25, -0.2) is 0 Å². The maximum absolute atomic E-state index is 9.52. The Bertz CT molecular complexity index is 343. The van der Waals surface area contributed by atoms with Crippen molar-refractivity contribution in [3.8, 4) is 5.75 Å². The van der Waals surface area contributed by atoms with Crippen molar-refractivity contribution in [3.63, 3.8) is 0 Å². The molecular formula is C13H18O. The van der Waals surface area contributed by atoms with Crippen molar-refractivity contribution in [2.75, 3.05) is 0 Å². The highest BCUT2D eigenvalue weighted by atomic mass is 16.3. The fraction of sp³-hybridized carbons (Fsp3) is 0.538. The van der Waals surface area contributed by atoms with E-state index >= 15 is 0 Å². The van der Waals surface area contributed by atoms with Crippen LogP contribution in [0.1, 0.15) is 44.2 Å². The third-order valence-electron chi connectivity index (χ3n) is 3.70. The normalized spacial score (nSPS) is 25.9. The Morgan fingerprint density at radius 2 is 2.21 bits per heavy atom. The number of hydrogen-bond acceptors (Lipinski definition) is 1. The summed E-state index contributed by atoms with van der Waals surface area (Å²) in [5.41, 5.74) is 3.08. The summed E-state index contributed by atoms with van der Waals surface area (Å²) in [7, 11) is 0. The highest BCUT2D eigenvalue weighted by Gasteiger charge is 2.30. The maximum atomic E-state index is 9.52. The Balaban J connectivity index is 2.52. The molecule has 0 radical (unpaired) electrons. The highest BCUT2D eigenvalue weighted by molar-refractivity contribution is 5.41. The van der Waals surface area contributed by atoms with Crippen LogP contribution in [-0.2, 0) is 11.8 Å². The first kappa shape index (κ1) is 9.57. The van der Waals surface area contributed by atoms with E-state index in [1.54, 1.807) is 6.07 Å². The number of hydrogen-bond donors (Lipinski definition) is 1. The van der Waals surface area contributed by atoms with Crippen LogP contribution in [0.3, 0.4) is 0 Å². The Morgan fingerprint density at radius 1 is 1.43 bits per heavy atom. The maximum Gasteiger partial charge on any atom is 0.115 e. The van der Waals surface area contributed by atoms with Gasteiger partial charge in [-0.3, -0.25) is 0 Å². The Hall–Kier alpha value is -0.980. The van der Waals surface area contributed by atoms with Gasteiger partial charge in [-0.2, -0.15) is 0 Å². The first-order valence-electron chi connectivity index (χ1n) is 5.48. The van der Waals surface area contributed by atoms with Crippen LogP contribution >= 0.6 is 0 Å². The molecule has 76 valence electrons. The predicted molar refractivity (Wildman–Crippen MR) is 58.7 cm³/mol. The molecule has 1 N–H and O–H groups in total. The van der Waals surface area contributed by atoms with E-state index in [0.29, 0.717) is 5.75 Å². The number of aryl methyl sites for hydroxylation is 1. The molecule has 0 bridgehead atoms. The Morgan fingerprint density at radius 3 is 2.93 bits per heavy atom. The third-order valence-corrected chi connectivity index (χ3v) is 3.70. The largest absolute Gasteiger partial charge is 0.508 e. The van der Waals surface area contributed by atoms with Gasteiger partial charge in [0.25, 0.3) is 0 Å². The fourth-order valence-electron chi connectivity index (χ4n) is 2.52. The smallest absolute Gasteiger partial charge is 0.115 e. The summed E-state index contributed by atoms with van der Waals surface area (Å²) in [6, 6.07) is 5.84. The van der Waals surface area contributed by atoms with E-state index < -0.39 is 0 Å². The van der Waals surface area contributed by atoms with E-state index in [-0.39, 0.29) is 5.41 Å². The van der Waals surface area contributed by atoms with E-state index in [1.807, 2.05) is 6.07 Å². The molecule has 0 aliphatic heterocycles. The zero-order valence-corrected chi connectivity index (χ0v) is 9.01. The van der Waals surface area contributed by atoms with Crippen molar-refractivity contribution >= 4 is 0 Å². The summed E-state index contributed by atoms with van der Waals surface area (Å²) < 4.78 is 0. The van der Waals surface area contributed by atoms with Crippen molar-refractivity contribution in [1.29, 1.82) is 0 Å². The average molecular weight is 190 g/mol. The lowest BCUT2D eigenvalue weighted by molar-refractivity contribution is 0.377. The lowest BCUT2D eigenvalue weighted by Gasteiger charge is -2.35. The summed E-state index contributed by atoms with van der Waals surface area (Å²) >= 11 is 0. The molecule has 1 nitrogen and oxygen atoms in total. The SMILES string of the molecule is CCC1(C)CCCc2ccc(O)cc21. The monoisotopic (exact) mass is 190 g/mol.